The first-order valence-corrected chi connectivity index (χ1v) is 6.86. The van der Waals surface area contributed by atoms with Gasteiger partial charge in [0.15, 0.2) is 0 Å². The number of fused-ring (bicyclic) bond motifs is 1. The number of carbonyl (C=O) groups excluding carboxylic acids is 1. The first-order chi connectivity index (χ1) is 9.28. The molecular formula is C15H13NO2S. The molecule has 2 aromatic heterocycles. The molecule has 0 amide bonds. The van der Waals surface area contributed by atoms with Crippen LogP contribution in [0.5, 0.6) is 0 Å². The molecule has 4 heteroatoms. The molecule has 0 radical (unpaired) electrons. The van der Waals surface area contributed by atoms with E-state index in [0.29, 0.717) is 6.42 Å². The summed E-state index contributed by atoms with van der Waals surface area (Å²) in [6.45, 7) is 0. The van der Waals surface area contributed by atoms with Crippen molar-refractivity contribution >= 4 is 22.1 Å². The lowest BCUT2D eigenvalue weighted by Crippen LogP contribution is -2.05. The quantitative estimate of drug-likeness (QED) is 0.684. The van der Waals surface area contributed by atoms with Crippen LogP contribution in [0.3, 0.4) is 0 Å². The van der Waals surface area contributed by atoms with Crippen molar-refractivity contribution in [2.24, 2.45) is 0 Å². The van der Waals surface area contributed by atoms with Gasteiger partial charge in [-0.25, -0.2) is 0 Å². The third-order valence-corrected chi connectivity index (χ3v) is 4.02. The molecule has 19 heavy (non-hydrogen) atoms. The average molecular weight is 271 g/mol. The van der Waals surface area contributed by atoms with Gasteiger partial charge >= 0.3 is 5.97 Å². The molecule has 0 atom stereocenters. The lowest BCUT2D eigenvalue weighted by molar-refractivity contribution is -0.139. The fourth-order valence-electron chi connectivity index (χ4n) is 2.08. The van der Waals surface area contributed by atoms with Gasteiger partial charge < -0.3 is 9.14 Å². The largest absolute Gasteiger partial charge is 0.469 e. The normalized spacial score (nSPS) is 10.8. The Balaban J connectivity index is 2.00. The molecule has 2 heterocycles. The number of methoxy groups -OCH3 is 1. The molecule has 0 aliphatic rings. The van der Waals surface area contributed by atoms with Crippen LogP contribution in [-0.4, -0.2) is 17.5 Å². The minimum atomic E-state index is -0.213. The van der Waals surface area contributed by atoms with Gasteiger partial charge in [0, 0.05) is 22.8 Å². The molecule has 96 valence electrons. The fourth-order valence-corrected chi connectivity index (χ4v) is 3.01. The third-order valence-electron chi connectivity index (χ3n) is 3.07. The Morgan fingerprint density at radius 3 is 2.79 bits per heavy atom. The molecule has 0 N–H and O–H groups in total. The number of nitrogens with zero attached hydrogens (tertiary/aromatic N) is 1. The highest BCUT2D eigenvalue weighted by Gasteiger charge is 2.11. The van der Waals surface area contributed by atoms with Gasteiger partial charge in [-0.3, -0.25) is 4.79 Å². The van der Waals surface area contributed by atoms with Crippen LogP contribution in [0.15, 0.2) is 48.0 Å². The number of aromatic nitrogens is 1. The lowest BCUT2D eigenvalue weighted by atomic mass is 10.1. The van der Waals surface area contributed by atoms with Crippen molar-refractivity contribution in [3.05, 3.63) is 53.7 Å². The van der Waals surface area contributed by atoms with Crippen LogP contribution >= 0.6 is 11.3 Å². The second kappa shape index (κ2) is 4.90. The van der Waals surface area contributed by atoms with Crippen LogP contribution in [0, 0.1) is 0 Å². The van der Waals surface area contributed by atoms with Crippen LogP contribution in [0.2, 0.25) is 0 Å². The Morgan fingerprint density at radius 2 is 2.05 bits per heavy atom. The van der Waals surface area contributed by atoms with E-state index in [1.54, 1.807) is 11.3 Å². The molecule has 0 spiro atoms. The Bertz CT molecular complexity index is 712. The number of hydrogen-bond acceptors (Lipinski definition) is 3. The summed E-state index contributed by atoms with van der Waals surface area (Å²) in [4.78, 5) is 12.5. The zero-order valence-corrected chi connectivity index (χ0v) is 11.3. The van der Waals surface area contributed by atoms with Crippen molar-refractivity contribution in [3.8, 4) is 11.1 Å². The van der Waals surface area contributed by atoms with Gasteiger partial charge in [0.25, 0.3) is 0 Å². The highest BCUT2D eigenvalue weighted by atomic mass is 32.1. The molecule has 3 aromatic rings. The monoisotopic (exact) mass is 271 g/mol. The molecule has 0 fully saturated rings. The molecule has 1 aromatic carbocycles. The molecule has 3 rings (SSSR count). The number of ether oxygens (including phenoxy) is 1. The summed E-state index contributed by atoms with van der Waals surface area (Å²) in [7, 11) is 1.41. The van der Waals surface area contributed by atoms with Gasteiger partial charge in [-0.2, -0.15) is 0 Å². The van der Waals surface area contributed by atoms with E-state index in [1.807, 2.05) is 23.6 Å². The van der Waals surface area contributed by atoms with Gasteiger partial charge in [-0.05, 0) is 11.6 Å². The van der Waals surface area contributed by atoms with E-state index in [2.05, 4.69) is 28.8 Å². The average Bonchev–Trinajstić information content (AvgIpc) is 3.02. The van der Waals surface area contributed by atoms with Crippen LogP contribution in [0.25, 0.3) is 16.0 Å². The van der Waals surface area contributed by atoms with Gasteiger partial charge in [0.1, 0.15) is 0 Å². The van der Waals surface area contributed by atoms with Crippen molar-refractivity contribution < 1.29 is 9.53 Å². The molecule has 0 saturated carbocycles. The molecule has 0 aliphatic heterocycles. The van der Waals surface area contributed by atoms with Crippen LogP contribution < -0.4 is 0 Å². The predicted molar refractivity (Wildman–Crippen MR) is 76.4 cm³/mol. The fraction of sp³-hybridized carbons (Fsp3) is 0.133. The van der Waals surface area contributed by atoms with E-state index in [9.17, 15) is 4.79 Å². The van der Waals surface area contributed by atoms with Crippen molar-refractivity contribution in [2.45, 2.75) is 6.42 Å². The third kappa shape index (κ3) is 2.27. The maximum Gasteiger partial charge on any atom is 0.311 e. The molecule has 0 aliphatic carbocycles. The van der Waals surface area contributed by atoms with Gasteiger partial charge in [0.2, 0.25) is 0 Å². The van der Waals surface area contributed by atoms with Gasteiger partial charge in [0.05, 0.1) is 18.4 Å². The van der Waals surface area contributed by atoms with Crippen molar-refractivity contribution in [1.29, 1.82) is 0 Å². The van der Waals surface area contributed by atoms with Crippen LogP contribution in [-0.2, 0) is 16.0 Å². The first-order valence-electron chi connectivity index (χ1n) is 5.98. The Hall–Kier alpha value is -2.07. The second-order valence-electron chi connectivity index (χ2n) is 4.28. The topological polar surface area (TPSA) is 30.7 Å². The minimum absolute atomic E-state index is 0.213. The summed E-state index contributed by atoms with van der Waals surface area (Å²) in [5.41, 5.74) is 3.31. The SMILES string of the molecule is COC(=O)Cc1csc2cc(-c3ccccc3)cn12. The maximum absolute atomic E-state index is 11.4. The van der Waals surface area contributed by atoms with Crippen LogP contribution in [0.4, 0.5) is 0 Å². The van der Waals surface area contributed by atoms with Crippen molar-refractivity contribution in [1.82, 2.24) is 4.40 Å². The summed E-state index contributed by atoms with van der Waals surface area (Å²) >= 11 is 1.64. The standard InChI is InChI=1S/C15H13NO2S/c1-18-15(17)8-13-10-19-14-7-12(9-16(13)14)11-5-3-2-4-6-11/h2-7,9-10H,8H2,1H3. The summed E-state index contributed by atoms with van der Waals surface area (Å²) in [5.74, 6) is -0.213. The van der Waals surface area contributed by atoms with E-state index in [4.69, 9.17) is 4.74 Å². The number of esters is 1. The van der Waals surface area contributed by atoms with Crippen LogP contribution in [0.1, 0.15) is 5.69 Å². The number of rotatable bonds is 3. The molecular weight excluding hydrogens is 258 g/mol. The summed E-state index contributed by atoms with van der Waals surface area (Å²) in [6, 6.07) is 12.4. The highest BCUT2D eigenvalue weighted by molar-refractivity contribution is 7.15. The van der Waals surface area contributed by atoms with Crippen molar-refractivity contribution in [3.63, 3.8) is 0 Å². The smallest absolute Gasteiger partial charge is 0.311 e. The van der Waals surface area contributed by atoms with Gasteiger partial charge in [-0.15, -0.1) is 11.3 Å². The minimum Gasteiger partial charge on any atom is -0.469 e. The van der Waals surface area contributed by atoms with E-state index in [-0.39, 0.29) is 5.97 Å². The zero-order chi connectivity index (χ0) is 13.2. The molecule has 0 unspecified atom stereocenters. The summed E-state index contributed by atoms with van der Waals surface area (Å²) in [5, 5.41) is 2.00. The van der Waals surface area contributed by atoms with E-state index < -0.39 is 0 Å². The molecule has 3 nitrogen and oxygen atoms in total. The highest BCUT2D eigenvalue weighted by Crippen LogP contribution is 2.27. The number of carbonyl (C=O) groups is 1. The Kier molecular flexibility index (Phi) is 3.09. The number of thiazole rings is 1. The molecule has 0 bridgehead atoms. The maximum atomic E-state index is 11.4. The first kappa shape index (κ1) is 12.0. The van der Waals surface area contributed by atoms with E-state index in [1.165, 1.54) is 18.2 Å². The van der Waals surface area contributed by atoms with E-state index in [0.717, 1.165) is 10.5 Å². The predicted octanol–water partition coefficient (Wildman–Crippen LogP) is 3.38. The summed E-state index contributed by atoms with van der Waals surface area (Å²) in [6.07, 6.45) is 2.37. The lowest BCUT2D eigenvalue weighted by Gasteiger charge is -1.98. The van der Waals surface area contributed by atoms with Crippen molar-refractivity contribution in [2.75, 3.05) is 7.11 Å². The summed E-state index contributed by atoms with van der Waals surface area (Å²) < 4.78 is 6.78. The van der Waals surface area contributed by atoms with Gasteiger partial charge in [-0.1, -0.05) is 30.3 Å². The Labute approximate surface area is 115 Å². The zero-order valence-electron chi connectivity index (χ0n) is 10.5. The number of benzene rings is 1. The molecule has 0 saturated heterocycles. The Morgan fingerprint density at radius 1 is 1.26 bits per heavy atom. The number of hydrogen-bond donors (Lipinski definition) is 0. The van der Waals surface area contributed by atoms with E-state index >= 15 is 0 Å². The second-order valence-corrected chi connectivity index (χ2v) is 5.17.